The van der Waals surface area contributed by atoms with E-state index in [2.05, 4.69) is 34.9 Å². The number of hydrogen-bond acceptors (Lipinski definition) is 2. The summed E-state index contributed by atoms with van der Waals surface area (Å²) in [7, 11) is 0. The zero-order valence-corrected chi connectivity index (χ0v) is 11.3. The summed E-state index contributed by atoms with van der Waals surface area (Å²) in [6.07, 6.45) is 2.72. The Bertz CT molecular complexity index is 546. The van der Waals surface area contributed by atoms with Crippen LogP contribution in [0.2, 0.25) is 0 Å². The molecule has 2 aromatic rings. The van der Waals surface area contributed by atoms with E-state index in [1.807, 2.05) is 24.4 Å². The van der Waals surface area contributed by atoms with Gasteiger partial charge >= 0.3 is 0 Å². The zero-order chi connectivity index (χ0) is 12.4. The van der Waals surface area contributed by atoms with Gasteiger partial charge in [0, 0.05) is 16.2 Å². The lowest BCUT2D eigenvalue weighted by Gasteiger charge is -2.06. The van der Waals surface area contributed by atoms with E-state index in [9.17, 15) is 4.79 Å². The number of hydrogen-bond donors (Lipinski definition) is 0. The summed E-state index contributed by atoms with van der Waals surface area (Å²) >= 11 is 3.40. The Balaban J connectivity index is 2.51. The number of rotatable bonds is 3. The molecular weight excluding hydrogens is 280 g/mol. The van der Waals surface area contributed by atoms with Gasteiger partial charge < -0.3 is 0 Å². The number of aldehydes is 1. The van der Waals surface area contributed by atoms with E-state index in [4.69, 9.17) is 0 Å². The van der Waals surface area contributed by atoms with Crippen molar-refractivity contribution in [3.8, 4) is 5.69 Å². The summed E-state index contributed by atoms with van der Waals surface area (Å²) in [6.45, 7) is 4.18. The molecule has 2 rings (SSSR count). The number of carbonyl (C=O) groups is 1. The Kier molecular flexibility index (Phi) is 3.43. The summed E-state index contributed by atoms with van der Waals surface area (Å²) in [4.78, 5) is 11.0. The summed E-state index contributed by atoms with van der Waals surface area (Å²) in [5, 5.41) is 4.47. The van der Waals surface area contributed by atoms with E-state index in [0.29, 0.717) is 11.5 Å². The molecule has 3 nitrogen and oxygen atoms in total. The molecule has 0 saturated carbocycles. The molecule has 1 aromatic carbocycles. The minimum atomic E-state index is 0.378. The molecule has 0 aliphatic rings. The Morgan fingerprint density at radius 1 is 1.35 bits per heavy atom. The number of aromatic nitrogens is 2. The minimum absolute atomic E-state index is 0.378. The second kappa shape index (κ2) is 4.84. The quantitative estimate of drug-likeness (QED) is 0.811. The molecule has 0 aliphatic heterocycles. The molecule has 0 atom stereocenters. The summed E-state index contributed by atoms with van der Waals surface area (Å²) in [5.41, 5.74) is 2.44. The minimum Gasteiger partial charge on any atom is -0.298 e. The van der Waals surface area contributed by atoms with Gasteiger partial charge in [0.05, 0.1) is 11.4 Å². The van der Waals surface area contributed by atoms with Gasteiger partial charge in [-0.15, -0.1) is 0 Å². The van der Waals surface area contributed by atoms with Crippen LogP contribution in [0.4, 0.5) is 0 Å². The third-order valence-electron chi connectivity index (χ3n) is 2.57. The fourth-order valence-electron chi connectivity index (χ4n) is 1.60. The second-order valence-corrected chi connectivity index (χ2v) is 5.08. The van der Waals surface area contributed by atoms with Gasteiger partial charge in [0.2, 0.25) is 0 Å². The first-order chi connectivity index (χ1) is 8.11. The van der Waals surface area contributed by atoms with Gasteiger partial charge in [0.1, 0.15) is 0 Å². The lowest BCUT2D eigenvalue weighted by atomic mass is 10.1. The highest BCUT2D eigenvalue weighted by molar-refractivity contribution is 9.10. The maximum Gasteiger partial charge on any atom is 0.152 e. The Morgan fingerprint density at radius 3 is 2.71 bits per heavy atom. The largest absolute Gasteiger partial charge is 0.298 e. The lowest BCUT2D eigenvalue weighted by Crippen LogP contribution is -2.01. The Hall–Kier alpha value is -1.42. The van der Waals surface area contributed by atoms with Crippen LogP contribution in [0.5, 0.6) is 0 Å². The molecule has 0 amide bonds. The van der Waals surface area contributed by atoms with Gasteiger partial charge in [-0.05, 0) is 30.2 Å². The van der Waals surface area contributed by atoms with Crippen molar-refractivity contribution in [2.24, 2.45) is 0 Å². The molecule has 17 heavy (non-hydrogen) atoms. The van der Waals surface area contributed by atoms with Gasteiger partial charge in [-0.1, -0.05) is 29.8 Å². The van der Waals surface area contributed by atoms with Gasteiger partial charge in [0.25, 0.3) is 0 Å². The molecule has 0 saturated heterocycles. The molecule has 88 valence electrons. The van der Waals surface area contributed by atoms with E-state index in [0.717, 1.165) is 22.1 Å². The van der Waals surface area contributed by atoms with Gasteiger partial charge in [-0.2, -0.15) is 5.10 Å². The molecular formula is C13H13BrN2O. The average Bonchev–Trinajstić information content (AvgIpc) is 2.78. The molecule has 0 N–H and O–H groups in total. The van der Waals surface area contributed by atoms with E-state index in [1.54, 1.807) is 10.7 Å². The maximum atomic E-state index is 11.0. The highest BCUT2D eigenvalue weighted by Crippen LogP contribution is 2.20. The van der Waals surface area contributed by atoms with Crippen LogP contribution in [-0.4, -0.2) is 16.1 Å². The summed E-state index contributed by atoms with van der Waals surface area (Å²) in [6, 6.07) is 7.49. The van der Waals surface area contributed by atoms with Gasteiger partial charge in [-0.3, -0.25) is 4.79 Å². The highest BCUT2D eigenvalue weighted by Gasteiger charge is 2.08. The first kappa shape index (κ1) is 12.0. The summed E-state index contributed by atoms with van der Waals surface area (Å²) in [5.74, 6) is 0.378. The van der Waals surface area contributed by atoms with Crippen LogP contribution in [0.25, 0.3) is 5.69 Å². The highest BCUT2D eigenvalue weighted by atomic mass is 79.9. The van der Waals surface area contributed by atoms with E-state index in [-0.39, 0.29) is 0 Å². The zero-order valence-electron chi connectivity index (χ0n) is 9.72. The van der Waals surface area contributed by atoms with Crippen LogP contribution in [0, 0.1) is 0 Å². The van der Waals surface area contributed by atoms with Crippen molar-refractivity contribution < 1.29 is 4.79 Å². The second-order valence-electron chi connectivity index (χ2n) is 4.16. The molecule has 0 unspecified atom stereocenters. The smallest absolute Gasteiger partial charge is 0.152 e. The Morgan fingerprint density at radius 2 is 2.12 bits per heavy atom. The van der Waals surface area contributed by atoms with Crippen molar-refractivity contribution in [3.63, 3.8) is 0 Å². The van der Waals surface area contributed by atoms with Crippen LogP contribution < -0.4 is 0 Å². The number of nitrogens with zero attached hydrogens (tertiary/aromatic N) is 2. The van der Waals surface area contributed by atoms with Gasteiger partial charge in [-0.25, -0.2) is 4.68 Å². The SMILES string of the molecule is CC(C)c1ccn(-c2cc(Br)ccc2C=O)n1. The fraction of sp³-hybridized carbons (Fsp3) is 0.231. The molecule has 4 heteroatoms. The molecule has 0 bridgehead atoms. The predicted molar refractivity (Wildman–Crippen MR) is 70.7 cm³/mol. The van der Waals surface area contributed by atoms with Crippen molar-refractivity contribution in [2.45, 2.75) is 19.8 Å². The lowest BCUT2D eigenvalue weighted by molar-refractivity contribution is 0.112. The van der Waals surface area contributed by atoms with Crippen molar-refractivity contribution in [3.05, 3.63) is 46.2 Å². The van der Waals surface area contributed by atoms with Crippen molar-refractivity contribution in [2.75, 3.05) is 0 Å². The normalized spacial score (nSPS) is 10.8. The number of benzene rings is 1. The van der Waals surface area contributed by atoms with Crippen LogP contribution in [0.3, 0.4) is 0 Å². The third-order valence-corrected chi connectivity index (χ3v) is 3.06. The number of halogens is 1. The number of carbonyl (C=O) groups excluding carboxylic acids is 1. The van der Waals surface area contributed by atoms with Crippen LogP contribution in [0.15, 0.2) is 34.9 Å². The maximum absolute atomic E-state index is 11.0. The molecule has 0 radical (unpaired) electrons. The molecule has 0 aliphatic carbocycles. The third kappa shape index (κ3) is 2.47. The van der Waals surface area contributed by atoms with Crippen LogP contribution in [-0.2, 0) is 0 Å². The standard InChI is InChI=1S/C13H13BrN2O/c1-9(2)12-5-6-16(15-12)13-7-11(14)4-3-10(13)8-17/h3-9H,1-2H3. The van der Waals surface area contributed by atoms with E-state index < -0.39 is 0 Å². The predicted octanol–water partition coefficient (Wildman–Crippen LogP) is 3.57. The van der Waals surface area contributed by atoms with E-state index in [1.165, 1.54) is 0 Å². The Labute approximate surface area is 109 Å². The van der Waals surface area contributed by atoms with Crippen LogP contribution >= 0.6 is 15.9 Å². The van der Waals surface area contributed by atoms with Gasteiger partial charge in [0.15, 0.2) is 6.29 Å². The van der Waals surface area contributed by atoms with E-state index >= 15 is 0 Å². The topological polar surface area (TPSA) is 34.9 Å². The van der Waals surface area contributed by atoms with Crippen molar-refractivity contribution >= 4 is 22.2 Å². The molecule has 1 heterocycles. The average molecular weight is 293 g/mol. The monoisotopic (exact) mass is 292 g/mol. The molecule has 0 fully saturated rings. The first-order valence-electron chi connectivity index (χ1n) is 5.42. The van der Waals surface area contributed by atoms with Crippen molar-refractivity contribution in [1.82, 2.24) is 9.78 Å². The summed E-state index contributed by atoms with van der Waals surface area (Å²) < 4.78 is 2.67. The van der Waals surface area contributed by atoms with Crippen molar-refractivity contribution in [1.29, 1.82) is 0 Å². The van der Waals surface area contributed by atoms with Crippen LogP contribution in [0.1, 0.15) is 35.8 Å². The fourth-order valence-corrected chi connectivity index (χ4v) is 1.94. The molecule has 0 spiro atoms. The molecule has 1 aromatic heterocycles. The first-order valence-corrected chi connectivity index (χ1v) is 6.22.